The highest BCUT2D eigenvalue weighted by Gasteiger charge is 2.19. The molecular formula is C13H20N4O3. The van der Waals surface area contributed by atoms with Crippen molar-refractivity contribution in [3.05, 3.63) is 12.4 Å². The molecule has 20 heavy (non-hydrogen) atoms. The van der Waals surface area contributed by atoms with E-state index in [0.29, 0.717) is 32.3 Å². The van der Waals surface area contributed by atoms with Crippen LogP contribution in [0.3, 0.4) is 0 Å². The molecule has 0 saturated carbocycles. The summed E-state index contributed by atoms with van der Waals surface area (Å²) in [6.45, 7) is 4.05. The fraction of sp³-hybridized carbons (Fsp3) is 0.692. The first-order valence-electron chi connectivity index (χ1n) is 7.08. The van der Waals surface area contributed by atoms with Crippen LogP contribution in [-0.4, -0.2) is 60.2 Å². The van der Waals surface area contributed by atoms with Crippen LogP contribution in [0.25, 0.3) is 0 Å². The third-order valence-electron chi connectivity index (χ3n) is 3.72. The second kappa shape index (κ2) is 6.23. The van der Waals surface area contributed by atoms with Gasteiger partial charge >= 0.3 is 6.03 Å². The van der Waals surface area contributed by atoms with Crippen molar-refractivity contribution in [2.24, 2.45) is 0 Å². The molecule has 2 amide bonds. The van der Waals surface area contributed by atoms with Gasteiger partial charge in [0.25, 0.3) is 0 Å². The number of carbonyl (C=O) groups is 1. The Balaban J connectivity index is 1.57. The third kappa shape index (κ3) is 3.10. The lowest BCUT2D eigenvalue weighted by molar-refractivity contribution is 0.0564. The molecule has 2 saturated heterocycles. The molecule has 0 unspecified atom stereocenters. The number of ether oxygens (including phenoxy) is 2. The zero-order valence-electron chi connectivity index (χ0n) is 11.5. The number of hydrogen-bond acceptors (Lipinski definition) is 4. The number of nitrogens with one attached hydrogen (secondary N) is 1. The van der Waals surface area contributed by atoms with E-state index < -0.39 is 0 Å². The summed E-state index contributed by atoms with van der Waals surface area (Å²) in [4.78, 5) is 13.8. The van der Waals surface area contributed by atoms with Crippen LogP contribution in [0.5, 0.6) is 0 Å². The zero-order chi connectivity index (χ0) is 13.8. The van der Waals surface area contributed by atoms with Gasteiger partial charge in [-0.2, -0.15) is 5.10 Å². The number of rotatable bonds is 2. The van der Waals surface area contributed by atoms with E-state index in [1.807, 2.05) is 10.9 Å². The fourth-order valence-electron chi connectivity index (χ4n) is 2.52. The maximum Gasteiger partial charge on any atom is 0.322 e. The topological polar surface area (TPSA) is 68.6 Å². The maximum atomic E-state index is 12.1. The Bertz CT molecular complexity index is 450. The van der Waals surface area contributed by atoms with Gasteiger partial charge in [0, 0.05) is 32.5 Å². The minimum absolute atomic E-state index is 0.0835. The number of nitrogens with zero attached hydrogens (tertiary/aromatic N) is 3. The lowest BCUT2D eigenvalue weighted by Gasteiger charge is -2.26. The van der Waals surface area contributed by atoms with Crippen LogP contribution in [0.2, 0.25) is 0 Å². The molecule has 2 aliphatic rings. The third-order valence-corrected chi connectivity index (χ3v) is 3.72. The van der Waals surface area contributed by atoms with Crippen LogP contribution in [0.4, 0.5) is 10.5 Å². The summed E-state index contributed by atoms with van der Waals surface area (Å²) in [5.41, 5.74) is 0.744. The summed E-state index contributed by atoms with van der Waals surface area (Å²) >= 11 is 0. The molecule has 7 nitrogen and oxygen atoms in total. The van der Waals surface area contributed by atoms with E-state index in [0.717, 1.165) is 31.7 Å². The van der Waals surface area contributed by atoms with Crippen molar-refractivity contribution >= 4 is 11.7 Å². The summed E-state index contributed by atoms with van der Waals surface area (Å²) in [5.74, 6) is 0. The van der Waals surface area contributed by atoms with Gasteiger partial charge in [0.1, 0.15) is 0 Å². The first kappa shape index (κ1) is 13.4. The predicted octanol–water partition coefficient (Wildman–Crippen LogP) is 1.10. The first-order valence-corrected chi connectivity index (χ1v) is 7.08. The van der Waals surface area contributed by atoms with E-state index in [1.165, 1.54) is 0 Å². The SMILES string of the molecule is O=C(Nc1cnn(C2CCOCC2)c1)N1CCOCC1. The largest absolute Gasteiger partial charge is 0.381 e. The van der Waals surface area contributed by atoms with Crippen molar-refractivity contribution < 1.29 is 14.3 Å². The highest BCUT2D eigenvalue weighted by Crippen LogP contribution is 2.21. The highest BCUT2D eigenvalue weighted by atomic mass is 16.5. The summed E-state index contributed by atoms with van der Waals surface area (Å²) < 4.78 is 12.5. The molecule has 2 fully saturated rings. The second-order valence-corrected chi connectivity index (χ2v) is 5.08. The number of morpholine rings is 1. The highest BCUT2D eigenvalue weighted by molar-refractivity contribution is 5.89. The molecule has 7 heteroatoms. The number of aromatic nitrogens is 2. The van der Waals surface area contributed by atoms with Crippen molar-refractivity contribution in [3.63, 3.8) is 0 Å². The molecule has 0 spiro atoms. The Morgan fingerprint density at radius 2 is 1.90 bits per heavy atom. The summed E-state index contributed by atoms with van der Waals surface area (Å²) in [6, 6.07) is 0.289. The van der Waals surface area contributed by atoms with E-state index in [2.05, 4.69) is 10.4 Å². The van der Waals surface area contributed by atoms with Gasteiger partial charge in [-0.15, -0.1) is 0 Å². The molecule has 1 aromatic rings. The molecule has 3 heterocycles. The minimum atomic E-state index is -0.0835. The number of amides is 2. The molecule has 1 aromatic heterocycles. The molecule has 0 atom stereocenters. The van der Waals surface area contributed by atoms with Crippen LogP contribution in [-0.2, 0) is 9.47 Å². The molecule has 2 aliphatic heterocycles. The van der Waals surface area contributed by atoms with Crippen LogP contribution >= 0.6 is 0 Å². The fourth-order valence-corrected chi connectivity index (χ4v) is 2.52. The smallest absolute Gasteiger partial charge is 0.322 e. The molecule has 1 N–H and O–H groups in total. The van der Waals surface area contributed by atoms with Crippen molar-refractivity contribution in [3.8, 4) is 0 Å². The van der Waals surface area contributed by atoms with Crippen LogP contribution in [0.15, 0.2) is 12.4 Å². The number of carbonyl (C=O) groups excluding carboxylic acids is 1. The minimum Gasteiger partial charge on any atom is -0.381 e. The van der Waals surface area contributed by atoms with Crippen molar-refractivity contribution in [2.75, 3.05) is 44.8 Å². The molecule has 0 aliphatic carbocycles. The van der Waals surface area contributed by atoms with Crippen molar-refractivity contribution in [1.29, 1.82) is 0 Å². The van der Waals surface area contributed by atoms with E-state index in [1.54, 1.807) is 11.1 Å². The number of urea groups is 1. The Morgan fingerprint density at radius 1 is 1.20 bits per heavy atom. The molecule has 0 aromatic carbocycles. The quantitative estimate of drug-likeness (QED) is 0.880. The second-order valence-electron chi connectivity index (χ2n) is 5.08. The molecule has 3 rings (SSSR count). The van der Waals surface area contributed by atoms with E-state index in [-0.39, 0.29) is 6.03 Å². The van der Waals surface area contributed by atoms with Gasteiger partial charge in [0.15, 0.2) is 0 Å². The van der Waals surface area contributed by atoms with Crippen molar-refractivity contribution in [1.82, 2.24) is 14.7 Å². The summed E-state index contributed by atoms with van der Waals surface area (Å²) in [6.07, 6.45) is 5.54. The van der Waals surface area contributed by atoms with Gasteiger partial charge in [0.05, 0.1) is 31.1 Å². The monoisotopic (exact) mass is 280 g/mol. The van der Waals surface area contributed by atoms with Crippen LogP contribution in [0, 0.1) is 0 Å². The van der Waals surface area contributed by atoms with E-state index in [9.17, 15) is 4.79 Å². The van der Waals surface area contributed by atoms with Gasteiger partial charge in [-0.1, -0.05) is 0 Å². The molecule has 0 radical (unpaired) electrons. The van der Waals surface area contributed by atoms with Gasteiger partial charge < -0.3 is 19.7 Å². The Kier molecular flexibility index (Phi) is 4.17. The van der Waals surface area contributed by atoms with Gasteiger partial charge in [-0.25, -0.2) is 4.79 Å². The summed E-state index contributed by atoms with van der Waals surface area (Å²) in [5, 5.41) is 7.23. The normalized spacial score (nSPS) is 20.9. The number of hydrogen-bond donors (Lipinski definition) is 1. The van der Waals surface area contributed by atoms with Gasteiger partial charge in [-0.05, 0) is 12.8 Å². The molecule has 110 valence electrons. The number of anilines is 1. The van der Waals surface area contributed by atoms with Crippen LogP contribution < -0.4 is 5.32 Å². The predicted molar refractivity (Wildman–Crippen MR) is 72.7 cm³/mol. The standard InChI is InChI=1S/C13H20N4O3/c18-13(16-3-7-20-8-4-16)15-11-9-14-17(10-11)12-1-5-19-6-2-12/h9-10,12H,1-8H2,(H,15,18). The maximum absolute atomic E-state index is 12.1. The van der Waals surface area contributed by atoms with Crippen molar-refractivity contribution in [2.45, 2.75) is 18.9 Å². The molecule has 0 bridgehead atoms. The van der Waals surface area contributed by atoms with Crippen LogP contribution in [0.1, 0.15) is 18.9 Å². The first-order chi connectivity index (χ1) is 9.83. The average Bonchev–Trinajstić information content (AvgIpc) is 2.97. The van der Waals surface area contributed by atoms with E-state index in [4.69, 9.17) is 9.47 Å². The van der Waals surface area contributed by atoms with E-state index >= 15 is 0 Å². The molecular weight excluding hydrogens is 260 g/mol. The van der Waals surface area contributed by atoms with Gasteiger partial charge in [0.2, 0.25) is 0 Å². The summed E-state index contributed by atoms with van der Waals surface area (Å²) in [7, 11) is 0. The Morgan fingerprint density at radius 3 is 2.65 bits per heavy atom. The zero-order valence-corrected chi connectivity index (χ0v) is 11.5. The Labute approximate surface area is 117 Å². The Hall–Kier alpha value is -1.60. The lowest BCUT2D eigenvalue weighted by Crippen LogP contribution is -2.43. The average molecular weight is 280 g/mol. The lowest BCUT2D eigenvalue weighted by atomic mass is 10.1. The van der Waals surface area contributed by atoms with Gasteiger partial charge in [-0.3, -0.25) is 4.68 Å².